The number of sulfone groups is 1. The maximum absolute atomic E-state index is 13.9. The Bertz CT molecular complexity index is 962. The summed E-state index contributed by atoms with van der Waals surface area (Å²) in [6.45, 7) is 9.35. The van der Waals surface area contributed by atoms with Crippen molar-refractivity contribution in [2.45, 2.75) is 31.4 Å². The van der Waals surface area contributed by atoms with E-state index in [2.05, 4.69) is 4.85 Å². The van der Waals surface area contributed by atoms with Crippen LogP contribution in [0.25, 0.3) is 4.85 Å². The van der Waals surface area contributed by atoms with Crippen LogP contribution in [0.5, 0.6) is 5.75 Å². The van der Waals surface area contributed by atoms with E-state index in [0.717, 1.165) is 18.4 Å². The SMILES string of the molecule is [C-]#[N+]c1cccc(CS(=O)(=O)C[C@H](C)c2ccc(F)c(OCC3CC3)c2)c1. The van der Waals surface area contributed by atoms with Crippen molar-refractivity contribution in [3.63, 3.8) is 0 Å². The van der Waals surface area contributed by atoms with Crippen LogP contribution in [0.15, 0.2) is 42.5 Å². The molecule has 0 heterocycles. The van der Waals surface area contributed by atoms with Gasteiger partial charge < -0.3 is 4.74 Å². The van der Waals surface area contributed by atoms with Gasteiger partial charge in [0.05, 0.1) is 24.7 Å². The normalized spacial score (nSPS) is 15.1. The summed E-state index contributed by atoms with van der Waals surface area (Å²) in [5, 5.41) is 0. The minimum Gasteiger partial charge on any atom is -0.490 e. The molecule has 0 aliphatic heterocycles. The Morgan fingerprint density at radius 2 is 2.04 bits per heavy atom. The Balaban J connectivity index is 1.68. The lowest BCUT2D eigenvalue weighted by Gasteiger charge is -2.15. The molecule has 4 nitrogen and oxygen atoms in total. The van der Waals surface area contributed by atoms with Crippen LogP contribution in [0.4, 0.5) is 10.1 Å². The molecule has 0 amide bonds. The predicted octanol–water partition coefficient (Wildman–Crippen LogP) is 4.88. The van der Waals surface area contributed by atoms with Crippen LogP contribution in [0.3, 0.4) is 0 Å². The number of hydrogen-bond donors (Lipinski definition) is 0. The van der Waals surface area contributed by atoms with Crippen LogP contribution >= 0.6 is 0 Å². The van der Waals surface area contributed by atoms with Gasteiger partial charge in [-0.15, -0.1) is 0 Å². The highest BCUT2D eigenvalue weighted by molar-refractivity contribution is 7.90. The number of nitrogens with zero attached hydrogens (tertiary/aromatic N) is 1. The first kappa shape index (κ1) is 19.4. The van der Waals surface area contributed by atoms with Crippen LogP contribution in [-0.2, 0) is 15.6 Å². The minimum absolute atomic E-state index is 0.0526. The summed E-state index contributed by atoms with van der Waals surface area (Å²) < 4.78 is 44.6. The van der Waals surface area contributed by atoms with Gasteiger partial charge in [0, 0.05) is 0 Å². The van der Waals surface area contributed by atoms with E-state index in [4.69, 9.17) is 11.3 Å². The van der Waals surface area contributed by atoms with Crippen molar-refractivity contribution in [2.75, 3.05) is 12.4 Å². The third kappa shape index (κ3) is 5.54. The standard InChI is InChI=1S/C21H22FNO3S/c1-15(13-27(24,25)14-17-4-3-5-19(10-17)23-2)18-8-9-20(22)21(11-18)26-12-16-6-7-16/h3-5,8-11,15-16H,6-7,12-14H2,1H3/t15-/m0/s1. The number of halogens is 1. The summed E-state index contributed by atoms with van der Waals surface area (Å²) in [5.41, 5.74) is 1.76. The van der Waals surface area contributed by atoms with Crippen molar-refractivity contribution in [1.82, 2.24) is 0 Å². The summed E-state index contributed by atoms with van der Waals surface area (Å²) in [6.07, 6.45) is 2.23. The highest BCUT2D eigenvalue weighted by Gasteiger charge is 2.23. The van der Waals surface area contributed by atoms with Crippen LogP contribution < -0.4 is 4.74 Å². The van der Waals surface area contributed by atoms with Crippen molar-refractivity contribution >= 4 is 15.5 Å². The first-order valence-electron chi connectivity index (χ1n) is 8.95. The first-order valence-corrected chi connectivity index (χ1v) is 10.8. The molecule has 0 aromatic heterocycles. The summed E-state index contributed by atoms with van der Waals surface area (Å²) in [7, 11) is -3.38. The van der Waals surface area contributed by atoms with Crippen molar-refractivity contribution in [3.05, 3.63) is 70.8 Å². The predicted molar refractivity (Wildman–Crippen MR) is 103 cm³/mol. The smallest absolute Gasteiger partial charge is 0.187 e. The Hall–Kier alpha value is -2.39. The van der Waals surface area contributed by atoms with Crippen molar-refractivity contribution in [1.29, 1.82) is 0 Å². The van der Waals surface area contributed by atoms with Gasteiger partial charge >= 0.3 is 0 Å². The molecule has 1 aliphatic rings. The molecular formula is C21H22FNO3S. The molecule has 1 fully saturated rings. The molecule has 2 aromatic rings. The molecular weight excluding hydrogens is 365 g/mol. The van der Waals surface area contributed by atoms with E-state index >= 15 is 0 Å². The fraction of sp³-hybridized carbons (Fsp3) is 0.381. The van der Waals surface area contributed by atoms with E-state index in [1.807, 2.05) is 6.92 Å². The molecule has 0 radical (unpaired) electrons. The largest absolute Gasteiger partial charge is 0.490 e. The van der Waals surface area contributed by atoms with E-state index in [0.29, 0.717) is 23.8 Å². The molecule has 0 saturated heterocycles. The topological polar surface area (TPSA) is 47.7 Å². The molecule has 142 valence electrons. The van der Waals surface area contributed by atoms with Gasteiger partial charge in [-0.3, -0.25) is 0 Å². The molecule has 3 rings (SSSR count). The maximum atomic E-state index is 13.9. The lowest BCUT2D eigenvalue weighted by molar-refractivity contribution is 0.285. The Labute approximate surface area is 159 Å². The van der Waals surface area contributed by atoms with E-state index in [1.54, 1.807) is 36.4 Å². The van der Waals surface area contributed by atoms with Gasteiger partial charge in [0.2, 0.25) is 0 Å². The zero-order chi connectivity index (χ0) is 19.4. The minimum atomic E-state index is -3.38. The monoisotopic (exact) mass is 387 g/mol. The molecule has 6 heteroatoms. The van der Waals surface area contributed by atoms with Gasteiger partial charge in [-0.2, -0.15) is 0 Å². The summed E-state index contributed by atoms with van der Waals surface area (Å²) in [6, 6.07) is 11.2. The molecule has 0 N–H and O–H groups in total. The highest BCUT2D eigenvalue weighted by Crippen LogP contribution is 2.31. The Morgan fingerprint density at radius 3 is 2.74 bits per heavy atom. The van der Waals surface area contributed by atoms with Crippen LogP contribution in [0.1, 0.15) is 36.8 Å². The number of hydrogen-bond acceptors (Lipinski definition) is 3. The number of ether oxygens (including phenoxy) is 1. The Morgan fingerprint density at radius 1 is 1.26 bits per heavy atom. The molecule has 1 atom stereocenters. The average molecular weight is 387 g/mol. The van der Waals surface area contributed by atoms with Crippen LogP contribution in [0, 0.1) is 18.3 Å². The van der Waals surface area contributed by atoms with E-state index < -0.39 is 15.7 Å². The van der Waals surface area contributed by atoms with Crippen molar-refractivity contribution in [3.8, 4) is 5.75 Å². The van der Waals surface area contributed by atoms with Gasteiger partial charge in [0.1, 0.15) is 0 Å². The third-order valence-corrected chi connectivity index (χ3v) is 6.41. The van der Waals surface area contributed by atoms with Crippen LogP contribution in [0.2, 0.25) is 0 Å². The molecule has 0 spiro atoms. The molecule has 0 unspecified atom stereocenters. The molecule has 0 bridgehead atoms. The fourth-order valence-electron chi connectivity index (χ4n) is 2.94. The zero-order valence-electron chi connectivity index (χ0n) is 15.2. The van der Waals surface area contributed by atoms with Gasteiger partial charge in [-0.25, -0.2) is 17.7 Å². The molecule has 27 heavy (non-hydrogen) atoms. The van der Waals surface area contributed by atoms with Gasteiger partial charge in [-0.05, 0) is 47.9 Å². The first-order chi connectivity index (χ1) is 12.9. The van der Waals surface area contributed by atoms with E-state index in [9.17, 15) is 12.8 Å². The van der Waals surface area contributed by atoms with Crippen molar-refractivity contribution < 1.29 is 17.5 Å². The maximum Gasteiger partial charge on any atom is 0.187 e. The third-order valence-electron chi connectivity index (χ3n) is 4.63. The molecule has 1 aliphatic carbocycles. The van der Waals surface area contributed by atoms with E-state index in [1.165, 1.54) is 6.07 Å². The lowest BCUT2D eigenvalue weighted by Crippen LogP contribution is -2.15. The summed E-state index contributed by atoms with van der Waals surface area (Å²) in [5.74, 6) is -0.186. The average Bonchev–Trinajstić information content (AvgIpc) is 3.44. The lowest BCUT2D eigenvalue weighted by atomic mass is 10.0. The van der Waals surface area contributed by atoms with Crippen LogP contribution in [-0.4, -0.2) is 20.8 Å². The second-order valence-corrected chi connectivity index (χ2v) is 9.29. The van der Waals surface area contributed by atoms with Crippen molar-refractivity contribution in [2.24, 2.45) is 5.92 Å². The zero-order valence-corrected chi connectivity index (χ0v) is 16.0. The quantitative estimate of drug-likeness (QED) is 0.606. The van der Waals surface area contributed by atoms with Gasteiger partial charge in [0.25, 0.3) is 0 Å². The van der Waals surface area contributed by atoms with E-state index in [-0.39, 0.29) is 23.2 Å². The molecule has 2 aromatic carbocycles. The summed E-state index contributed by atoms with van der Waals surface area (Å²) in [4.78, 5) is 3.33. The Kier molecular flexibility index (Phi) is 5.81. The number of benzene rings is 2. The number of rotatable bonds is 8. The summed E-state index contributed by atoms with van der Waals surface area (Å²) >= 11 is 0. The highest BCUT2D eigenvalue weighted by atomic mass is 32.2. The van der Waals surface area contributed by atoms with Gasteiger partial charge in [0.15, 0.2) is 27.1 Å². The van der Waals surface area contributed by atoms with Gasteiger partial charge in [-0.1, -0.05) is 37.3 Å². The fourth-order valence-corrected chi connectivity index (χ4v) is 4.69. The second kappa shape index (κ2) is 8.10. The second-order valence-electron chi connectivity index (χ2n) is 7.18. The molecule has 1 saturated carbocycles.